The first-order chi connectivity index (χ1) is 10.0. The average Bonchev–Trinajstić information content (AvgIpc) is 3.00. The minimum absolute atomic E-state index is 0.149. The smallest absolute Gasteiger partial charge is 0.325 e. The molecule has 0 bridgehead atoms. The van der Waals surface area contributed by atoms with Crippen molar-refractivity contribution in [1.82, 2.24) is 10.2 Å². The number of carbonyl (C=O) groups excluding carboxylic acids is 2. The fourth-order valence-corrected chi connectivity index (χ4v) is 4.08. The zero-order valence-electron chi connectivity index (χ0n) is 11.3. The molecule has 0 aromatic heterocycles. The number of hydrogen-bond acceptors (Lipinski definition) is 4. The maximum absolute atomic E-state index is 12.4. The molecule has 0 spiro atoms. The SMILES string of the molecule is C[C@H](NC(=O)[C@@H]1CSC2c3ccccc3C(=O)N21)C(=O)O. The van der Waals surface area contributed by atoms with E-state index in [1.807, 2.05) is 12.1 Å². The van der Waals surface area contributed by atoms with Crippen molar-refractivity contribution >= 4 is 29.5 Å². The van der Waals surface area contributed by atoms with Crippen molar-refractivity contribution in [3.63, 3.8) is 0 Å². The molecule has 2 aliphatic rings. The summed E-state index contributed by atoms with van der Waals surface area (Å²) in [5.41, 5.74) is 1.55. The van der Waals surface area contributed by atoms with Crippen LogP contribution >= 0.6 is 11.8 Å². The Morgan fingerprint density at radius 3 is 2.86 bits per heavy atom. The van der Waals surface area contributed by atoms with E-state index >= 15 is 0 Å². The maximum Gasteiger partial charge on any atom is 0.325 e. The molecule has 3 rings (SSSR count). The molecule has 1 saturated heterocycles. The van der Waals surface area contributed by atoms with Gasteiger partial charge in [0, 0.05) is 11.3 Å². The summed E-state index contributed by atoms with van der Waals surface area (Å²) < 4.78 is 0. The minimum atomic E-state index is -1.10. The Bertz CT molecular complexity index is 633. The van der Waals surface area contributed by atoms with E-state index in [0.717, 1.165) is 5.56 Å². The molecule has 7 heteroatoms. The van der Waals surface area contributed by atoms with Gasteiger partial charge >= 0.3 is 5.97 Å². The molecule has 110 valence electrons. The molecule has 2 N–H and O–H groups in total. The zero-order chi connectivity index (χ0) is 15.1. The monoisotopic (exact) mass is 306 g/mol. The van der Waals surface area contributed by atoms with Crippen LogP contribution < -0.4 is 5.32 Å². The topological polar surface area (TPSA) is 86.7 Å². The number of aliphatic carboxylic acids is 1. The van der Waals surface area contributed by atoms with E-state index in [1.54, 1.807) is 17.0 Å². The van der Waals surface area contributed by atoms with Crippen LogP contribution in [0.15, 0.2) is 24.3 Å². The standard InChI is InChI=1S/C14H14N2O4S/c1-7(14(19)20)15-11(17)10-6-21-13-9-5-3-2-4-8(9)12(18)16(10)13/h2-5,7,10,13H,6H2,1H3,(H,15,17)(H,19,20)/t7-,10-,13?/m0/s1. The number of carboxylic acids is 1. The van der Waals surface area contributed by atoms with Crippen molar-refractivity contribution in [2.75, 3.05) is 5.75 Å². The lowest BCUT2D eigenvalue weighted by Crippen LogP contribution is -2.50. The lowest BCUT2D eigenvalue weighted by Gasteiger charge is -2.23. The Balaban J connectivity index is 1.82. The van der Waals surface area contributed by atoms with E-state index in [2.05, 4.69) is 5.32 Å². The molecule has 1 unspecified atom stereocenters. The third-order valence-electron chi connectivity index (χ3n) is 3.72. The molecule has 1 aromatic rings. The third-order valence-corrected chi connectivity index (χ3v) is 5.03. The van der Waals surface area contributed by atoms with E-state index in [1.165, 1.54) is 18.7 Å². The molecular weight excluding hydrogens is 292 g/mol. The number of rotatable bonds is 3. The summed E-state index contributed by atoms with van der Waals surface area (Å²) in [6.45, 7) is 1.40. The molecule has 1 fully saturated rings. The molecular formula is C14H14N2O4S. The molecule has 0 aliphatic carbocycles. The van der Waals surface area contributed by atoms with Gasteiger partial charge in [0.2, 0.25) is 5.91 Å². The Morgan fingerprint density at radius 1 is 1.43 bits per heavy atom. The van der Waals surface area contributed by atoms with E-state index < -0.39 is 24.0 Å². The van der Waals surface area contributed by atoms with Crippen LogP contribution in [-0.4, -0.2) is 45.6 Å². The summed E-state index contributed by atoms with van der Waals surface area (Å²) in [4.78, 5) is 37.0. The predicted molar refractivity (Wildman–Crippen MR) is 76.8 cm³/mol. The maximum atomic E-state index is 12.4. The van der Waals surface area contributed by atoms with Crippen LogP contribution in [0, 0.1) is 0 Å². The second kappa shape index (κ2) is 5.07. The van der Waals surface area contributed by atoms with E-state index in [9.17, 15) is 14.4 Å². The number of carboxylic acid groups (broad SMARTS) is 1. The van der Waals surface area contributed by atoms with Gasteiger partial charge in [-0.15, -0.1) is 11.8 Å². The van der Waals surface area contributed by atoms with Crippen LogP contribution in [0.2, 0.25) is 0 Å². The molecule has 0 radical (unpaired) electrons. The highest BCUT2D eigenvalue weighted by atomic mass is 32.2. The van der Waals surface area contributed by atoms with Gasteiger partial charge < -0.3 is 15.3 Å². The highest BCUT2D eigenvalue weighted by Gasteiger charge is 2.48. The third kappa shape index (κ3) is 2.17. The van der Waals surface area contributed by atoms with Gasteiger partial charge in [-0.25, -0.2) is 0 Å². The van der Waals surface area contributed by atoms with Crippen LogP contribution in [-0.2, 0) is 9.59 Å². The Labute approximate surface area is 125 Å². The quantitative estimate of drug-likeness (QED) is 0.864. The number of nitrogens with one attached hydrogen (secondary N) is 1. The van der Waals surface area contributed by atoms with Gasteiger partial charge in [0.15, 0.2) is 0 Å². The Morgan fingerprint density at radius 2 is 2.14 bits per heavy atom. The normalized spacial score (nSPS) is 24.4. The summed E-state index contributed by atoms with van der Waals surface area (Å²) >= 11 is 1.53. The highest BCUT2D eigenvalue weighted by Crippen LogP contribution is 2.47. The largest absolute Gasteiger partial charge is 0.480 e. The van der Waals surface area contributed by atoms with Crippen LogP contribution in [0.4, 0.5) is 0 Å². The first kappa shape index (κ1) is 13.9. The molecule has 1 aromatic carbocycles. The van der Waals surface area contributed by atoms with Gasteiger partial charge in [-0.05, 0) is 18.6 Å². The number of amides is 2. The van der Waals surface area contributed by atoms with Crippen molar-refractivity contribution in [2.24, 2.45) is 0 Å². The minimum Gasteiger partial charge on any atom is -0.480 e. The number of hydrogen-bond donors (Lipinski definition) is 2. The summed E-state index contributed by atoms with van der Waals surface area (Å²) in [5, 5.41) is 11.1. The van der Waals surface area contributed by atoms with Gasteiger partial charge in [-0.3, -0.25) is 14.4 Å². The first-order valence-electron chi connectivity index (χ1n) is 6.57. The summed E-state index contributed by atoms with van der Waals surface area (Å²) in [5.74, 6) is -1.20. The van der Waals surface area contributed by atoms with Gasteiger partial charge in [0.05, 0.1) is 0 Å². The van der Waals surface area contributed by atoms with E-state index in [4.69, 9.17) is 5.11 Å². The second-order valence-corrected chi connectivity index (χ2v) is 6.18. The first-order valence-corrected chi connectivity index (χ1v) is 7.62. The number of carbonyl (C=O) groups is 3. The fraction of sp³-hybridized carbons (Fsp3) is 0.357. The Kier molecular flexibility index (Phi) is 3.36. The van der Waals surface area contributed by atoms with Crippen molar-refractivity contribution in [2.45, 2.75) is 24.4 Å². The number of thioether (sulfide) groups is 1. The van der Waals surface area contributed by atoms with E-state index in [-0.39, 0.29) is 11.3 Å². The van der Waals surface area contributed by atoms with Crippen molar-refractivity contribution < 1.29 is 19.5 Å². The molecule has 3 atom stereocenters. The van der Waals surface area contributed by atoms with Crippen molar-refractivity contribution in [3.05, 3.63) is 35.4 Å². The van der Waals surface area contributed by atoms with Gasteiger partial charge in [-0.1, -0.05) is 18.2 Å². The lowest BCUT2D eigenvalue weighted by atomic mass is 10.1. The summed E-state index contributed by atoms with van der Waals surface area (Å²) in [6.07, 6.45) is 0. The lowest BCUT2D eigenvalue weighted by molar-refractivity contribution is -0.141. The molecule has 21 heavy (non-hydrogen) atoms. The van der Waals surface area contributed by atoms with E-state index in [0.29, 0.717) is 11.3 Å². The zero-order valence-corrected chi connectivity index (χ0v) is 12.1. The van der Waals surface area contributed by atoms with Crippen LogP contribution in [0.5, 0.6) is 0 Å². The van der Waals surface area contributed by atoms with Crippen LogP contribution in [0.3, 0.4) is 0 Å². The van der Waals surface area contributed by atoms with Crippen molar-refractivity contribution in [3.8, 4) is 0 Å². The summed E-state index contributed by atoms with van der Waals surface area (Å²) in [7, 11) is 0. The van der Waals surface area contributed by atoms with Gasteiger partial charge in [0.25, 0.3) is 5.91 Å². The molecule has 6 nitrogen and oxygen atoms in total. The number of fused-ring (bicyclic) bond motifs is 3. The van der Waals surface area contributed by atoms with Gasteiger partial charge in [0.1, 0.15) is 17.5 Å². The molecule has 2 amide bonds. The molecule has 2 heterocycles. The second-order valence-electron chi connectivity index (χ2n) is 5.07. The molecule has 2 aliphatic heterocycles. The molecule has 0 saturated carbocycles. The fourth-order valence-electron chi connectivity index (χ4n) is 2.61. The predicted octanol–water partition coefficient (Wildman–Crippen LogP) is 0.846. The Hall–Kier alpha value is -2.02. The van der Waals surface area contributed by atoms with Gasteiger partial charge in [-0.2, -0.15) is 0 Å². The van der Waals surface area contributed by atoms with Crippen LogP contribution in [0.1, 0.15) is 28.2 Å². The number of benzene rings is 1. The van der Waals surface area contributed by atoms with Crippen molar-refractivity contribution in [1.29, 1.82) is 0 Å². The van der Waals surface area contributed by atoms with Crippen LogP contribution in [0.25, 0.3) is 0 Å². The average molecular weight is 306 g/mol. The summed E-state index contributed by atoms with van der Waals surface area (Å²) in [6, 6.07) is 5.72. The number of nitrogens with zero attached hydrogens (tertiary/aromatic N) is 1. The highest BCUT2D eigenvalue weighted by molar-refractivity contribution is 7.99.